The third-order valence-corrected chi connectivity index (χ3v) is 3.22. The number of carboxylic acid groups (broad SMARTS) is 1. The van der Waals surface area contributed by atoms with Crippen molar-refractivity contribution in [2.75, 3.05) is 0 Å². The van der Waals surface area contributed by atoms with Gasteiger partial charge in [-0.05, 0) is 50.9 Å². The van der Waals surface area contributed by atoms with E-state index < -0.39 is 5.97 Å². The molecule has 0 aromatic heterocycles. The Morgan fingerprint density at radius 2 is 1.84 bits per heavy atom. The van der Waals surface area contributed by atoms with Crippen molar-refractivity contribution in [3.05, 3.63) is 23.3 Å². The molecule has 0 radical (unpaired) electrons. The molecule has 0 aromatic rings. The first kappa shape index (κ1) is 17.9. The van der Waals surface area contributed by atoms with Crippen LogP contribution in [0.15, 0.2) is 23.3 Å². The molecule has 2 heteroatoms. The number of carboxylic acids is 1. The van der Waals surface area contributed by atoms with Crippen molar-refractivity contribution in [1.82, 2.24) is 0 Å². The Bertz CT molecular complexity index is 330. The number of rotatable bonds is 8. The van der Waals surface area contributed by atoms with Crippen LogP contribution in [0.2, 0.25) is 0 Å². The van der Waals surface area contributed by atoms with Crippen LogP contribution in [0.1, 0.15) is 73.1 Å². The van der Waals surface area contributed by atoms with Crippen molar-refractivity contribution in [2.24, 2.45) is 5.41 Å². The Morgan fingerprint density at radius 3 is 2.32 bits per heavy atom. The summed E-state index contributed by atoms with van der Waals surface area (Å²) in [5.41, 5.74) is 2.86. The van der Waals surface area contributed by atoms with Gasteiger partial charge in [0.1, 0.15) is 0 Å². The molecule has 0 saturated heterocycles. The Balaban J connectivity index is 4.09. The Labute approximate surface area is 118 Å². The fraction of sp³-hybridized carbons (Fsp3) is 0.706. The summed E-state index contributed by atoms with van der Waals surface area (Å²) in [4.78, 5) is 10.5. The third-order valence-electron chi connectivity index (χ3n) is 3.22. The van der Waals surface area contributed by atoms with Crippen LogP contribution in [-0.4, -0.2) is 11.1 Å². The summed E-state index contributed by atoms with van der Waals surface area (Å²) in [6.07, 6.45) is 10.2. The number of carbonyl (C=O) groups is 1. The monoisotopic (exact) mass is 266 g/mol. The first-order chi connectivity index (χ1) is 8.74. The van der Waals surface area contributed by atoms with Gasteiger partial charge in [-0.15, -0.1) is 0 Å². The second-order valence-corrected chi connectivity index (χ2v) is 6.50. The minimum absolute atomic E-state index is 0.416. The van der Waals surface area contributed by atoms with E-state index in [2.05, 4.69) is 33.8 Å². The molecule has 0 atom stereocenters. The van der Waals surface area contributed by atoms with E-state index in [4.69, 9.17) is 5.11 Å². The number of hydrogen-bond donors (Lipinski definition) is 1. The maximum Gasteiger partial charge on any atom is 0.328 e. The van der Waals surface area contributed by atoms with Gasteiger partial charge in [0, 0.05) is 6.08 Å². The normalized spacial score (nSPS) is 13.7. The quantitative estimate of drug-likeness (QED) is 0.475. The summed E-state index contributed by atoms with van der Waals surface area (Å²) in [6.45, 7) is 10.9. The lowest BCUT2D eigenvalue weighted by atomic mass is 9.88. The smallest absolute Gasteiger partial charge is 0.328 e. The van der Waals surface area contributed by atoms with Crippen molar-refractivity contribution in [3.8, 4) is 0 Å². The van der Waals surface area contributed by atoms with Gasteiger partial charge in [-0.1, -0.05) is 44.9 Å². The van der Waals surface area contributed by atoms with E-state index in [1.807, 2.05) is 6.92 Å². The van der Waals surface area contributed by atoms with E-state index in [0.717, 1.165) is 24.8 Å². The Morgan fingerprint density at radius 1 is 1.21 bits per heavy atom. The molecule has 2 nitrogen and oxygen atoms in total. The molecule has 0 aliphatic carbocycles. The minimum Gasteiger partial charge on any atom is -0.478 e. The van der Waals surface area contributed by atoms with E-state index in [1.165, 1.54) is 30.9 Å². The van der Waals surface area contributed by atoms with Crippen LogP contribution in [0.5, 0.6) is 0 Å². The van der Waals surface area contributed by atoms with Crippen molar-refractivity contribution in [3.63, 3.8) is 0 Å². The number of aliphatic carboxylic acids is 1. The van der Waals surface area contributed by atoms with Gasteiger partial charge in [-0.2, -0.15) is 0 Å². The molecule has 0 heterocycles. The van der Waals surface area contributed by atoms with Gasteiger partial charge >= 0.3 is 5.97 Å². The molecular formula is C17H30O2. The Hall–Kier alpha value is -1.05. The topological polar surface area (TPSA) is 37.3 Å². The lowest BCUT2D eigenvalue weighted by Gasteiger charge is -2.18. The zero-order chi connectivity index (χ0) is 14.9. The summed E-state index contributed by atoms with van der Waals surface area (Å²) in [5, 5.41) is 8.64. The summed E-state index contributed by atoms with van der Waals surface area (Å²) >= 11 is 0. The lowest BCUT2D eigenvalue weighted by Crippen LogP contribution is -2.04. The molecule has 0 bridgehead atoms. The van der Waals surface area contributed by atoms with E-state index >= 15 is 0 Å². The molecule has 0 aliphatic rings. The summed E-state index contributed by atoms with van der Waals surface area (Å²) in [5.74, 6) is -0.845. The fourth-order valence-electron chi connectivity index (χ4n) is 2.06. The fourth-order valence-corrected chi connectivity index (χ4v) is 2.06. The molecule has 1 N–H and O–H groups in total. The van der Waals surface area contributed by atoms with Crippen molar-refractivity contribution in [1.29, 1.82) is 0 Å². The molecule has 110 valence electrons. The van der Waals surface area contributed by atoms with Crippen LogP contribution in [0, 0.1) is 5.41 Å². The number of allylic oxidation sites excluding steroid dienone is 3. The van der Waals surface area contributed by atoms with Gasteiger partial charge in [0.15, 0.2) is 0 Å². The van der Waals surface area contributed by atoms with Crippen LogP contribution < -0.4 is 0 Å². The largest absolute Gasteiger partial charge is 0.478 e. The van der Waals surface area contributed by atoms with Gasteiger partial charge in [0.2, 0.25) is 0 Å². The van der Waals surface area contributed by atoms with Gasteiger partial charge in [-0.3, -0.25) is 0 Å². The average molecular weight is 266 g/mol. The van der Waals surface area contributed by atoms with E-state index in [9.17, 15) is 4.79 Å². The van der Waals surface area contributed by atoms with Crippen LogP contribution in [0.3, 0.4) is 0 Å². The maximum absolute atomic E-state index is 10.5. The minimum atomic E-state index is -0.845. The second-order valence-electron chi connectivity index (χ2n) is 6.50. The third kappa shape index (κ3) is 11.8. The summed E-state index contributed by atoms with van der Waals surface area (Å²) in [6, 6.07) is 0. The van der Waals surface area contributed by atoms with Crippen molar-refractivity contribution in [2.45, 2.75) is 73.1 Å². The molecule has 0 amide bonds. The molecule has 0 rings (SSSR count). The highest BCUT2D eigenvalue weighted by Crippen LogP contribution is 2.24. The van der Waals surface area contributed by atoms with Crippen LogP contribution in [0.4, 0.5) is 0 Å². The predicted octanol–water partition coefficient (Wildman–Crippen LogP) is 5.35. The second kappa shape index (κ2) is 8.95. The van der Waals surface area contributed by atoms with E-state index in [0.29, 0.717) is 5.41 Å². The first-order valence-corrected chi connectivity index (χ1v) is 7.32. The van der Waals surface area contributed by atoms with Gasteiger partial charge in [0.25, 0.3) is 0 Å². The van der Waals surface area contributed by atoms with E-state index in [1.54, 1.807) is 0 Å². The molecule has 0 spiro atoms. The SMILES string of the molecule is CCC(=CCCC(C)=CC(=O)O)CCCC(C)(C)C. The van der Waals surface area contributed by atoms with Crippen LogP contribution in [-0.2, 0) is 4.79 Å². The van der Waals surface area contributed by atoms with Gasteiger partial charge < -0.3 is 5.11 Å². The molecule has 0 saturated carbocycles. The molecule has 0 aliphatic heterocycles. The van der Waals surface area contributed by atoms with Gasteiger partial charge in [0.05, 0.1) is 0 Å². The highest BCUT2D eigenvalue weighted by Gasteiger charge is 2.09. The molecule has 0 unspecified atom stereocenters. The van der Waals surface area contributed by atoms with Crippen LogP contribution in [0.25, 0.3) is 0 Å². The Kier molecular flexibility index (Phi) is 8.46. The molecule has 0 aromatic carbocycles. The van der Waals surface area contributed by atoms with Crippen molar-refractivity contribution >= 4 is 5.97 Å². The van der Waals surface area contributed by atoms with E-state index in [-0.39, 0.29) is 0 Å². The first-order valence-electron chi connectivity index (χ1n) is 7.32. The predicted molar refractivity (Wildman–Crippen MR) is 82.3 cm³/mol. The average Bonchev–Trinajstić information content (AvgIpc) is 2.24. The van der Waals surface area contributed by atoms with Gasteiger partial charge in [-0.25, -0.2) is 4.79 Å². The van der Waals surface area contributed by atoms with Crippen LogP contribution >= 0.6 is 0 Å². The molecule has 19 heavy (non-hydrogen) atoms. The highest BCUT2D eigenvalue weighted by atomic mass is 16.4. The standard InChI is InChI=1S/C17H30O2/c1-6-15(11-8-12-17(3,4)5)10-7-9-14(2)13-16(18)19/h10,13H,6-9,11-12H2,1-5H3,(H,18,19). The van der Waals surface area contributed by atoms with Crippen molar-refractivity contribution < 1.29 is 9.90 Å². The summed E-state index contributed by atoms with van der Waals surface area (Å²) in [7, 11) is 0. The zero-order valence-electron chi connectivity index (χ0n) is 13.3. The zero-order valence-corrected chi connectivity index (χ0v) is 13.3. The number of hydrogen-bond acceptors (Lipinski definition) is 1. The summed E-state index contributed by atoms with van der Waals surface area (Å²) < 4.78 is 0. The lowest BCUT2D eigenvalue weighted by molar-refractivity contribution is -0.131. The maximum atomic E-state index is 10.5. The molecular weight excluding hydrogens is 236 g/mol. The molecule has 0 fully saturated rings. The highest BCUT2D eigenvalue weighted by molar-refractivity contribution is 5.80.